The zero-order valence-electron chi connectivity index (χ0n) is 6.89. The maximum Gasteiger partial charge on any atom is 0.337 e. The normalized spacial score (nSPS) is 10.6. The molecule has 0 aliphatic rings. The molecule has 1 heterocycles. The number of hydrogen-bond donors (Lipinski definition) is 3. The second-order valence-corrected chi connectivity index (χ2v) is 3.83. The van der Waals surface area contributed by atoms with Gasteiger partial charge in [-0.15, -0.1) is 0 Å². The molecule has 14 heavy (non-hydrogen) atoms. The van der Waals surface area contributed by atoms with E-state index in [0.29, 0.717) is 10.1 Å². The Kier molecular flexibility index (Phi) is 1.82. The zero-order valence-corrected chi connectivity index (χ0v) is 7.71. The van der Waals surface area contributed by atoms with Crippen molar-refractivity contribution in [2.24, 2.45) is 0 Å². The van der Waals surface area contributed by atoms with Crippen LogP contribution >= 0.6 is 11.3 Å². The molecule has 5 heteroatoms. The fraction of sp³-hybridized carbons (Fsp3) is 0. The van der Waals surface area contributed by atoms with E-state index < -0.39 is 5.97 Å². The number of phenols is 1. The Morgan fingerprint density at radius 2 is 1.93 bits per heavy atom. The highest BCUT2D eigenvalue weighted by Crippen LogP contribution is 2.35. The summed E-state index contributed by atoms with van der Waals surface area (Å²) in [6.45, 7) is 0. The van der Waals surface area contributed by atoms with E-state index in [0.717, 1.165) is 11.3 Å². The van der Waals surface area contributed by atoms with Crippen molar-refractivity contribution >= 4 is 27.4 Å². The Balaban J connectivity index is 2.85. The van der Waals surface area contributed by atoms with Gasteiger partial charge >= 0.3 is 5.97 Å². The summed E-state index contributed by atoms with van der Waals surface area (Å²) in [6.07, 6.45) is 0. The predicted octanol–water partition coefficient (Wildman–Crippen LogP) is 2.01. The summed E-state index contributed by atoms with van der Waals surface area (Å²) in [5.41, 5.74) is 0.00491. The molecule has 4 nitrogen and oxygen atoms in total. The number of carboxylic acid groups (broad SMARTS) is 1. The molecule has 0 atom stereocenters. The van der Waals surface area contributed by atoms with Gasteiger partial charge in [0.15, 0.2) is 5.06 Å². The largest absolute Gasteiger partial charge is 0.508 e. The van der Waals surface area contributed by atoms with Crippen molar-refractivity contribution in [3.63, 3.8) is 0 Å². The van der Waals surface area contributed by atoms with Crippen molar-refractivity contribution < 1.29 is 20.1 Å². The summed E-state index contributed by atoms with van der Waals surface area (Å²) in [5, 5.41) is 27.8. The fourth-order valence-corrected chi connectivity index (χ4v) is 2.17. The molecule has 0 fully saturated rings. The van der Waals surface area contributed by atoms with Crippen molar-refractivity contribution in [2.75, 3.05) is 0 Å². The lowest BCUT2D eigenvalue weighted by molar-refractivity contribution is 0.0699. The lowest BCUT2D eigenvalue weighted by Crippen LogP contribution is -1.95. The number of thiophene rings is 1. The summed E-state index contributed by atoms with van der Waals surface area (Å²) in [4.78, 5) is 10.8. The van der Waals surface area contributed by atoms with Crippen LogP contribution in [0.5, 0.6) is 10.8 Å². The molecule has 0 spiro atoms. The van der Waals surface area contributed by atoms with Gasteiger partial charge in [-0.3, -0.25) is 0 Å². The number of aromatic carboxylic acids is 1. The molecule has 1 aromatic carbocycles. The van der Waals surface area contributed by atoms with Crippen molar-refractivity contribution in [3.8, 4) is 10.8 Å². The van der Waals surface area contributed by atoms with E-state index in [1.165, 1.54) is 18.2 Å². The first-order chi connectivity index (χ1) is 6.58. The highest BCUT2D eigenvalue weighted by Gasteiger charge is 2.13. The molecule has 0 saturated carbocycles. The second-order valence-electron chi connectivity index (χ2n) is 2.80. The Labute approximate surface area is 82.7 Å². The Bertz CT molecular complexity index is 515. The monoisotopic (exact) mass is 210 g/mol. The van der Waals surface area contributed by atoms with Crippen LogP contribution in [0.25, 0.3) is 10.1 Å². The minimum absolute atomic E-state index is 0.00491. The third-order valence-electron chi connectivity index (χ3n) is 1.82. The van der Waals surface area contributed by atoms with Crippen LogP contribution in [-0.2, 0) is 0 Å². The topological polar surface area (TPSA) is 77.8 Å². The summed E-state index contributed by atoms with van der Waals surface area (Å²) in [7, 11) is 0. The van der Waals surface area contributed by atoms with Crippen LogP contribution in [0.3, 0.4) is 0 Å². The number of phenolic OH excluding ortho intramolecular Hbond substituents is 1. The van der Waals surface area contributed by atoms with E-state index in [1.54, 1.807) is 0 Å². The van der Waals surface area contributed by atoms with Gasteiger partial charge < -0.3 is 15.3 Å². The van der Waals surface area contributed by atoms with Crippen molar-refractivity contribution in [3.05, 3.63) is 23.8 Å². The standard InChI is InChI=1S/C9H6O4S/c10-5-1-4-2-7(11)14-8(4)6(3-5)9(12)13/h1-3,10-11H,(H,12,13). The molecule has 3 N–H and O–H groups in total. The molecule has 0 aliphatic carbocycles. The van der Waals surface area contributed by atoms with Gasteiger partial charge in [0.1, 0.15) is 5.75 Å². The fourth-order valence-electron chi connectivity index (χ4n) is 1.28. The van der Waals surface area contributed by atoms with Crippen LogP contribution < -0.4 is 0 Å². The van der Waals surface area contributed by atoms with E-state index in [2.05, 4.69) is 0 Å². The van der Waals surface area contributed by atoms with Crippen LogP contribution in [0.1, 0.15) is 10.4 Å². The summed E-state index contributed by atoms with van der Waals surface area (Å²) in [6, 6.07) is 4.00. The highest BCUT2D eigenvalue weighted by atomic mass is 32.1. The van der Waals surface area contributed by atoms with Gasteiger partial charge in [0.05, 0.1) is 10.3 Å². The molecule has 0 aliphatic heterocycles. The first kappa shape index (κ1) is 8.83. The summed E-state index contributed by atoms with van der Waals surface area (Å²) in [5.74, 6) is -1.24. The predicted molar refractivity (Wildman–Crippen MR) is 52.1 cm³/mol. The first-order valence-electron chi connectivity index (χ1n) is 3.77. The SMILES string of the molecule is O=C(O)c1cc(O)cc2cc(O)sc12. The van der Waals surface area contributed by atoms with Gasteiger partial charge in [-0.1, -0.05) is 11.3 Å². The van der Waals surface area contributed by atoms with Gasteiger partial charge in [-0.25, -0.2) is 4.79 Å². The lowest BCUT2D eigenvalue weighted by atomic mass is 10.1. The molecule has 0 unspecified atom stereocenters. The zero-order chi connectivity index (χ0) is 10.3. The van der Waals surface area contributed by atoms with Crippen LogP contribution in [0.15, 0.2) is 18.2 Å². The average Bonchev–Trinajstić information content (AvgIpc) is 2.42. The van der Waals surface area contributed by atoms with Crippen molar-refractivity contribution in [1.82, 2.24) is 0 Å². The minimum Gasteiger partial charge on any atom is -0.508 e. The number of rotatable bonds is 1. The number of aromatic hydroxyl groups is 2. The molecule has 0 saturated heterocycles. The molecule has 0 radical (unpaired) electrons. The van der Waals surface area contributed by atoms with Gasteiger partial charge in [0, 0.05) is 5.39 Å². The van der Waals surface area contributed by atoms with Crippen LogP contribution in [0, 0.1) is 0 Å². The number of carbonyl (C=O) groups is 1. The number of hydrogen-bond acceptors (Lipinski definition) is 4. The van der Waals surface area contributed by atoms with Crippen LogP contribution in [0.4, 0.5) is 0 Å². The summed E-state index contributed by atoms with van der Waals surface area (Å²) < 4.78 is 0.466. The molecule has 0 amide bonds. The molecule has 72 valence electrons. The van der Waals surface area contributed by atoms with Crippen LogP contribution in [0.2, 0.25) is 0 Å². The summed E-state index contributed by atoms with van der Waals surface area (Å²) >= 11 is 0.979. The quantitative estimate of drug-likeness (QED) is 0.672. The van der Waals surface area contributed by atoms with E-state index in [4.69, 9.17) is 5.11 Å². The van der Waals surface area contributed by atoms with E-state index in [-0.39, 0.29) is 16.4 Å². The molecule has 0 bridgehead atoms. The smallest absolute Gasteiger partial charge is 0.337 e. The van der Waals surface area contributed by atoms with E-state index in [9.17, 15) is 15.0 Å². The third kappa shape index (κ3) is 1.27. The third-order valence-corrected chi connectivity index (χ3v) is 2.81. The van der Waals surface area contributed by atoms with Crippen molar-refractivity contribution in [1.29, 1.82) is 0 Å². The Morgan fingerprint density at radius 1 is 1.21 bits per heavy atom. The maximum absolute atomic E-state index is 10.8. The second kappa shape index (κ2) is 2.88. The lowest BCUT2D eigenvalue weighted by Gasteiger charge is -1.97. The van der Waals surface area contributed by atoms with E-state index in [1.807, 2.05) is 0 Å². The van der Waals surface area contributed by atoms with Gasteiger partial charge in [0.2, 0.25) is 0 Å². The average molecular weight is 210 g/mol. The number of benzene rings is 1. The molecule has 2 aromatic rings. The highest BCUT2D eigenvalue weighted by molar-refractivity contribution is 7.21. The van der Waals surface area contributed by atoms with Gasteiger partial charge in [0.25, 0.3) is 0 Å². The first-order valence-corrected chi connectivity index (χ1v) is 4.58. The molecule has 1 aromatic heterocycles. The Morgan fingerprint density at radius 3 is 2.57 bits per heavy atom. The van der Waals surface area contributed by atoms with Gasteiger partial charge in [-0.2, -0.15) is 0 Å². The van der Waals surface area contributed by atoms with Gasteiger partial charge in [-0.05, 0) is 18.2 Å². The number of fused-ring (bicyclic) bond motifs is 1. The van der Waals surface area contributed by atoms with E-state index >= 15 is 0 Å². The van der Waals surface area contributed by atoms with Crippen LogP contribution in [-0.4, -0.2) is 21.3 Å². The minimum atomic E-state index is -1.12. The maximum atomic E-state index is 10.8. The molecular formula is C9H6O4S. The molecule has 2 rings (SSSR count). The Hall–Kier alpha value is -1.75. The van der Waals surface area contributed by atoms with Crippen molar-refractivity contribution in [2.45, 2.75) is 0 Å². The molecular weight excluding hydrogens is 204 g/mol. The number of carboxylic acids is 1.